The van der Waals surface area contributed by atoms with Crippen molar-refractivity contribution in [2.75, 3.05) is 0 Å². The van der Waals surface area contributed by atoms with Gasteiger partial charge in [0.15, 0.2) is 0 Å². The normalized spacial score (nSPS) is 24.4. The fraction of sp³-hybridized carbons (Fsp3) is 0.867. The summed E-state index contributed by atoms with van der Waals surface area (Å²) in [5.41, 5.74) is 1.64. The van der Waals surface area contributed by atoms with E-state index in [0.717, 1.165) is 19.3 Å². The summed E-state index contributed by atoms with van der Waals surface area (Å²) in [6, 6.07) is 0. The van der Waals surface area contributed by atoms with Gasteiger partial charge in [-0.2, -0.15) is 0 Å². The number of aliphatic hydroxyl groups excluding tert-OH is 1. The van der Waals surface area contributed by atoms with Crippen molar-refractivity contribution in [3.8, 4) is 0 Å². The number of rotatable bonds is 3. The van der Waals surface area contributed by atoms with E-state index in [1.807, 2.05) is 0 Å². The van der Waals surface area contributed by atoms with Gasteiger partial charge in [-0.25, -0.2) is 0 Å². The van der Waals surface area contributed by atoms with E-state index in [4.69, 9.17) is 0 Å². The van der Waals surface area contributed by atoms with Crippen LogP contribution in [-0.4, -0.2) is 11.2 Å². The first-order valence-corrected chi connectivity index (χ1v) is 6.76. The van der Waals surface area contributed by atoms with Crippen LogP contribution < -0.4 is 0 Å². The highest BCUT2D eigenvalue weighted by Crippen LogP contribution is 2.45. The molecule has 96 valence electrons. The zero-order valence-electron chi connectivity index (χ0n) is 12.0. The maximum Gasteiger partial charge on any atom is 0.0579 e. The van der Waals surface area contributed by atoms with Gasteiger partial charge < -0.3 is 5.11 Å². The van der Waals surface area contributed by atoms with Crippen molar-refractivity contribution < 1.29 is 5.11 Å². The first-order valence-electron chi connectivity index (χ1n) is 6.76. The van der Waals surface area contributed by atoms with E-state index >= 15 is 0 Å². The topological polar surface area (TPSA) is 20.2 Å². The van der Waals surface area contributed by atoms with Gasteiger partial charge in [0.05, 0.1) is 6.10 Å². The molecule has 0 amide bonds. The molecule has 0 radical (unpaired) electrons. The smallest absolute Gasteiger partial charge is 0.0579 e. The van der Waals surface area contributed by atoms with Crippen LogP contribution in [-0.2, 0) is 0 Å². The van der Waals surface area contributed by atoms with Crippen LogP contribution in [0.4, 0.5) is 0 Å². The maximum atomic E-state index is 9.97. The quantitative estimate of drug-likeness (QED) is 0.700. The Morgan fingerprint density at radius 1 is 1.38 bits per heavy atom. The standard InChI is InChI=1S/C12H22O.C3H8/c1-5-6-11(13)10-8-7-9(2)12(10,3)4;1-3-2/h7,10-11,13H,5-6,8H2,1-4H3;3H2,1-2H3. The van der Waals surface area contributed by atoms with Gasteiger partial charge >= 0.3 is 0 Å². The van der Waals surface area contributed by atoms with Crippen molar-refractivity contribution in [2.45, 2.75) is 73.3 Å². The lowest BCUT2D eigenvalue weighted by Crippen LogP contribution is -2.31. The summed E-state index contributed by atoms with van der Waals surface area (Å²) < 4.78 is 0. The molecule has 0 spiro atoms. The van der Waals surface area contributed by atoms with Crippen LogP contribution in [0.25, 0.3) is 0 Å². The molecular formula is C15H30O. The molecule has 0 saturated carbocycles. The van der Waals surface area contributed by atoms with Gasteiger partial charge in [-0.3, -0.25) is 0 Å². The van der Waals surface area contributed by atoms with Crippen LogP contribution in [0.2, 0.25) is 0 Å². The molecule has 1 aliphatic rings. The van der Waals surface area contributed by atoms with Crippen molar-refractivity contribution in [3.05, 3.63) is 11.6 Å². The second kappa shape index (κ2) is 7.11. The van der Waals surface area contributed by atoms with Crippen molar-refractivity contribution in [1.82, 2.24) is 0 Å². The summed E-state index contributed by atoms with van der Waals surface area (Å²) in [4.78, 5) is 0. The van der Waals surface area contributed by atoms with Gasteiger partial charge in [0.25, 0.3) is 0 Å². The first kappa shape index (κ1) is 15.7. The number of aliphatic hydroxyl groups is 1. The van der Waals surface area contributed by atoms with E-state index in [-0.39, 0.29) is 11.5 Å². The first-order chi connectivity index (χ1) is 7.41. The van der Waals surface area contributed by atoms with Gasteiger partial charge in [-0.1, -0.05) is 59.1 Å². The highest BCUT2D eigenvalue weighted by Gasteiger charge is 2.38. The molecule has 2 atom stereocenters. The average molecular weight is 226 g/mol. The minimum Gasteiger partial charge on any atom is -0.393 e. The van der Waals surface area contributed by atoms with Crippen LogP contribution in [0.5, 0.6) is 0 Å². The Labute approximate surface area is 102 Å². The number of allylic oxidation sites excluding steroid dienone is 2. The third-order valence-electron chi connectivity index (χ3n) is 3.67. The van der Waals surface area contributed by atoms with Crippen molar-refractivity contribution >= 4 is 0 Å². The fourth-order valence-electron chi connectivity index (χ4n) is 2.29. The molecule has 1 aliphatic carbocycles. The summed E-state index contributed by atoms with van der Waals surface area (Å²) in [6.07, 6.45) is 6.49. The van der Waals surface area contributed by atoms with E-state index in [0.29, 0.717) is 5.92 Å². The molecule has 16 heavy (non-hydrogen) atoms. The Morgan fingerprint density at radius 3 is 2.19 bits per heavy atom. The molecule has 0 aromatic heterocycles. The molecule has 0 bridgehead atoms. The molecule has 1 heteroatoms. The lowest BCUT2D eigenvalue weighted by atomic mass is 9.74. The summed E-state index contributed by atoms with van der Waals surface area (Å²) in [5.74, 6) is 0.437. The Morgan fingerprint density at radius 2 is 1.88 bits per heavy atom. The monoisotopic (exact) mass is 226 g/mol. The van der Waals surface area contributed by atoms with E-state index in [1.54, 1.807) is 0 Å². The molecule has 1 nitrogen and oxygen atoms in total. The van der Waals surface area contributed by atoms with E-state index in [9.17, 15) is 5.11 Å². The van der Waals surface area contributed by atoms with Crippen LogP contribution in [0, 0.1) is 11.3 Å². The highest BCUT2D eigenvalue weighted by atomic mass is 16.3. The fourth-order valence-corrected chi connectivity index (χ4v) is 2.29. The summed E-state index contributed by atoms with van der Waals surface area (Å²) in [5, 5.41) is 9.97. The Kier molecular flexibility index (Phi) is 6.98. The van der Waals surface area contributed by atoms with Gasteiger partial charge in [0.2, 0.25) is 0 Å². The second-order valence-electron chi connectivity index (χ2n) is 5.51. The van der Waals surface area contributed by atoms with Crippen LogP contribution in [0.15, 0.2) is 11.6 Å². The molecule has 1 N–H and O–H groups in total. The van der Waals surface area contributed by atoms with Crippen LogP contribution in [0.1, 0.15) is 67.2 Å². The zero-order valence-corrected chi connectivity index (χ0v) is 12.0. The summed E-state index contributed by atoms with van der Waals surface area (Å²) >= 11 is 0. The molecule has 2 unspecified atom stereocenters. The molecule has 1 rings (SSSR count). The molecule has 0 aromatic rings. The van der Waals surface area contributed by atoms with Crippen molar-refractivity contribution in [1.29, 1.82) is 0 Å². The van der Waals surface area contributed by atoms with Crippen LogP contribution >= 0.6 is 0 Å². The van der Waals surface area contributed by atoms with Crippen molar-refractivity contribution in [3.63, 3.8) is 0 Å². The summed E-state index contributed by atoms with van der Waals surface area (Å²) in [6.45, 7) is 13.1. The van der Waals surface area contributed by atoms with E-state index in [2.05, 4.69) is 47.6 Å². The lowest BCUT2D eigenvalue weighted by molar-refractivity contribution is 0.0537. The molecule has 0 saturated heterocycles. The zero-order chi connectivity index (χ0) is 12.8. The van der Waals surface area contributed by atoms with Gasteiger partial charge in [-0.05, 0) is 31.1 Å². The van der Waals surface area contributed by atoms with Gasteiger partial charge in [0, 0.05) is 0 Å². The molecule has 0 fully saturated rings. The Hall–Kier alpha value is -0.300. The number of hydrogen-bond acceptors (Lipinski definition) is 1. The van der Waals surface area contributed by atoms with Gasteiger partial charge in [0.1, 0.15) is 0 Å². The molecule has 0 aromatic carbocycles. The molecule has 0 aliphatic heterocycles. The van der Waals surface area contributed by atoms with Gasteiger partial charge in [-0.15, -0.1) is 0 Å². The second-order valence-corrected chi connectivity index (χ2v) is 5.51. The average Bonchev–Trinajstić information content (AvgIpc) is 2.43. The maximum absolute atomic E-state index is 9.97. The molecular weight excluding hydrogens is 196 g/mol. The van der Waals surface area contributed by atoms with E-state index < -0.39 is 0 Å². The number of hydrogen-bond donors (Lipinski definition) is 1. The van der Waals surface area contributed by atoms with Crippen LogP contribution in [0.3, 0.4) is 0 Å². The highest BCUT2D eigenvalue weighted by molar-refractivity contribution is 5.19. The third kappa shape index (κ3) is 3.93. The largest absolute Gasteiger partial charge is 0.393 e. The SMILES string of the molecule is CCC.CCCC(O)C1CC=C(C)C1(C)C. The molecule has 0 heterocycles. The Balaban J connectivity index is 0.000000673. The third-order valence-corrected chi connectivity index (χ3v) is 3.67. The predicted molar refractivity (Wildman–Crippen MR) is 72.5 cm³/mol. The lowest BCUT2D eigenvalue weighted by Gasteiger charge is -2.33. The van der Waals surface area contributed by atoms with E-state index in [1.165, 1.54) is 12.0 Å². The minimum atomic E-state index is -0.117. The predicted octanol–water partition coefficient (Wildman–Crippen LogP) is 4.56. The Bertz CT molecular complexity index is 215. The summed E-state index contributed by atoms with van der Waals surface area (Å²) in [7, 11) is 0. The van der Waals surface area contributed by atoms with Crippen molar-refractivity contribution in [2.24, 2.45) is 11.3 Å². The minimum absolute atomic E-state index is 0.117.